The number of nitrogens with zero attached hydrogens (tertiary/aromatic N) is 4. The number of benzene rings is 1. The highest BCUT2D eigenvalue weighted by atomic mass is 16.3. The molecule has 4 rings (SSSR count). The van der Waals surface area contributed by atoms with Crippen LogP contribution < -0.4 is 5.32 Å². The van der Waals surface area contributed by atoms with Crippen molar-refractivity contribution in [3.05, 3.63) is 48.5 Å². The molecule has 0 atom stereocenters. The van der Waals surface area contributed by atoms with Crippen LogP contribution in [0.2, 0.25) is 0 Å². The molecule has 1 aliphatic rings. The van der Waals surface area contributed by atoms with Gasteiger partial charge in [-0.2, -0.15) is 0 Å². The number of rotatable bonds is 4. The van der Waals surface area contributed by atoms with E-state index in [0.29, 0.717) is 17.9 Å². The number of nitrogens with one attached hydrogen (secondary N) is 1. The fourth-order valence-electron chi connectivity index (χ4n) is 3.45. The van der Waals surface area contributed by atoms with Crippen molar-refractivity contribution in [3.63, 3.8) is 0 Å². The third-order valence-electron chi connectivity index (χ3n) is 4.97. The molecule has 7 heteroatoms. The lowest BCUT2D eigenvalue weighted by atomic mass is 9.85. The topological polar surface area (TPSA) is 92.4 Å². The smallest absolute Gasteiger partial charge is 0.254 e. The number of aromatic nitrogens is 4. The normalized spacial score (nSPS) is 16.5. The Bertz CT molecular complexity index is 930. The average Bonchev–Trinajstić information content (AvgIpc) is 3.15. The highest BCUT2D eigenvalue weighted by Crippen LogP contribution is 2.27. The van der Waals surface area contributed by atoms with E-state index in [0.717, 1.165) is 43.2 Å². The molecule has 7 nitrogen and oxygen atoms in total. The summed E-state index contributed by atoms with van der Waals surface area (Å²) in [5, 5.41) is 21.1. The van der Waals surface area contributed by atoms with Crippen LogP contribution in [-0.2, 0) is 0 Å². The molecule has 2 heterocycles. The minimum absolute atomic E-state index is 0.177. The van der Waals surface area contributed by atoms with Gasteiger partial charge in [0.25, 0.3) is 11.7 Å². The van der Waals surface area contributed by atoms with Crippen LogP contribution in [0.1, 0.15) is 42.5 Å². The summed E-state index contributed by atoms with van der Waals surface area (Å²) in [6, 6.07) is 7.37. The molecule has 0 bridgehead atoms. The maximum absolute atomic E-state index is 12.5. The Morgan fingerprint density at radius 2 is 2.08 bits per heavy atom. The second-order valence-electron chi connectivity index (χ2n) is 6.93. The lowest BCUT2D eigenvalue weighted by Crippen LogP contribution is -2.44. The summed E-state index contributed by atoms with van der Waals surface area (Å²) < 4.78 is 1.74. The summed E-state index contributed by atoms with van der Waals surface area (Å²) in [5.74, 6) is 0.354. The van der Waals surface area contributed by atoms with E-state index in [4.69, 9.17) is 0 Å². The highest BCUT2D eigenvalue weighted by Gasteiger charge is 2.29. The number of carbonyl (C=O) groups excluding carboxylic acids is 1. The second kappa shape index (κ2) is 6.84. The van der Waals surface area contributed by atoms with E-state index in [-0.39, 0.29) is 5.91 Å². The minimum Gasteiger partial charge on any atom is -0.388 e. The van der Waals surface area contributed by atoms with Crippen molar-refractivity contribution >= 4 is 11.7 Å². The zero-order valence-electron chi connectivity index (χ0n) is 14.4. The Balaban J connectivity index is 1.50. The number of hydrogen-bond acceptors (Lipinski definition) is 5. The van der Waals surface area contributed by atoms with Gasteiger partial charge in [0, 0.05) is 30.1 Å². The summed E-state index contributed by atoms with van der Waals surface area (Å²) in [6.45, 7) is 0.296. The number of fused-ring (bicyclic) bond motifs is 1. The zero-order chi connectivity index (χ0) is 18.0. The van der Waals surface area contributed by atoms with Crippen molar-refractivity contribution in [1.29, 1.82) is 0 Å². The van der Waals surface area contributed by atoms with Crippen molar-refractivity contribution in [1.82, 2.24) is 24.9 Å². The SMILES string of the molecule is O=C(NCC1(O)CCCCC1)c1cccc(-c2cnc3nncn3c2)c1. The molecular weight excluding hydrogens is 330 g/mol. The van der Waals surface area contributed by atoms with E-state index in [1.807, 2.05) is 24.4 Å². The monoisotopic (exact) mass is 351 g/mol. The van der Waals surface area contributed by atoms with Crippen molar-refractivity contribution in [2.75, 3.05) is 6.54 Å². The van der Waals surface area contributed by atoms with Gasteiger partial charge in [0.2, 0.25) is 0 Å². The van der Waals surface area contributed by atoms with Crippen LogP contribution in [0.25, 0.3) is 16.9 Å². The summed E-state index contributed by atoms with van der Waals surface area (Å²) in [7, 11) is 0. The molecule has 1 aromatic carbocycles. The third kappa shape index (κ3) is 3.43. The lowest BCUT2D eigenvalue weighted by Gasteiger charge is -2.32. The molecule has 0 spiro atoms. The van der Waals surface area contributed by atoms with Gasteiger partial charge in [-0.25, -0.2) is 4.98 Å². The molecule has 26 heavy (non-hydrogen) atoms. The Hall–Kier alpha value is -2.80. The number of hydrogen-bond donors (Lipinski definition) is 2. The molecule has 1 saturated carbocycles. The molecule has 2 N–H and O–H groups in total. The van der Waals surface area contributed by atoms with Crippen LogP contribution in [0.3, 0.4) is 0 Å². The summed E-state index contributed by atoms with van der Waals surface area (Å²) in [4.78, 5) is 16.8. The van der Waals surface area contributed by atoms with Gasteiger partial charge < -0.3 is 10.4 Å². The molecule has 3 aromatic rings. The van der Waals surface area contributed by atoms with E-state index < -0.39 is 5.60 Å². The van der Waals surface area contributed by atoms with Crippen molar-refractivity contribution in [3.8, 4) is 11.1 Å². The molecule has 0 radical (unpaired) electrons. The molecule has 1 fully saturated rings. The first-order valence-electron chi connectivity index (χ1n) is 8.89. The van der Waals surface area contributed by atoms with E-state index in [2.05, 4.69) is 20.5 Å². The molecule has 2 aromatic heterocycles. The molecule has 0 aliphatic heterocycles. The predicted octanol–water partition coefficient (Wildman–Crippen LogP) is 2.22. The van der Waals surface area contributed by atoms with Gasteiger partial charge >= 0.3 is 0 Å². The number of aliphatic hydroxyl groups is 1. The van der Waals surface area contributed by atoms with Gasteiger partial charge in [-0.15, -0.1) is 10.2 Å². The molecule has 134 valence electrons. The van der Waals surface area contributed by atoms with E-state index in [1.54, 1.807) is 23.0 Å². The average molecular weight is 351 g/mol. The molecule has 1 aliphatic carbocycles. The Kier molecular flexibility index (Phi) is 4.38. The molecule has 0 unspecified atom stereocenters. The maximum Gasteiger partial charge on any atom is 0.254 e. The second-order valence-corrected chi connectivity index (χ2v) is 6.93. The van der Waals surface area contributed by atoms with E-state index in [1.165, 1.54) is 0 Å². The predicted molar refractivity (Wildman–Crippen MR) is 96.6 cm³/mol. The summed E-state index contributed by atoms with van der Waals surface area (Å²) >= 11 is 0. The quantitative estimate of drug-likeness (QED) is 0.752. The minimum atomic E-state index is -0.769. The zero-order valence-corrected chi connectivity index (χ0v) is 14.4. The molecule has 1 amide bonds. The first kappa shape index (κ1) is 16.7. The van der Waals surface area contributed by atoms with Crippen molar-refractivity contribution < 1.29 is 9.90 Å². The maximum atomic E-state index is 12.5. The van der Waals surface area contributed by atoms with E-state index >= 15 is 0 Å². The fourth-order valence-corrected chi connectivity index (χ4v) is 3.45. The number of carbonyl (C=O) groups is 1. The van der Waals surface area contributed by atoms with Crippen LogP contribution >= 0.6 is 0 Å². The lowest BCUT2D eigenvalue weighted by molar-refractivity contribution is 0.00526. The van der Waals surface area contributed by atoms with Gasteiger partial charge in [0.05, 0.1) is 5.60 Å². The van der Waals surface area contributed by atoms with Gasteiger partial charge in [-0.3, -0.25) is 9.20 Å². The largest absolute Gasteiger partial charge is 0.388 e. The van der Waals surface area contributed by atoms with Crippen LogP contribution in [-0.4, -0.2) is 42.7 Å². The van der Waals surface area contributed by atoms with E-state index in [9.17, 15) is 9.90 Å². The van der Waals surface area contributed by atoms with Crippen LogP contribution in [0.4, 0.5) is 0 Å². The first-order valence-corrected chi connectivity index (χ1v) is 8.89. The number of amides is 1. The molecular formula is C19H21N5O2. The van der Waals surface area contributed by atoms with Crippen molar-refractivity contribution in [2.24, 2.45) is 0 Å². The van der Waals surface area contributed by atoms with Crippen LogP contribution in [0.15, 0.2) is 43.0 Å². The van der Waals surface area contributed by atoms with Crippen molar-refractivity contribution in [2.45, 2.75) is 37.7 Å². The van der Waals surface area contributed by atoms with Crippen LogP contribution in [0.5, 0.6) is 0 Å². The van der Waals surface area contributed by atoms with Gasteiger partial charge in [0.15, 0.2) is 0 Å². The third-order valence-corrected chi connectivity index (χ3v) is 4.97. The summed E-state index contributed by atoms with van der Waals surface area (Å²) in [5.41, 5.74) is 1.55. The fraction of sp³-hybridized carbons (Fsp3) is 0.368. The Labute approximate surface area is 151 Å². The highest BCUT2D eigenvalue weighted by molar-refractivity contribution is 5.95. The molecule has 0 saturated heterocycles. The summed E-state index contributed by atoms with van der Waals surface area (Å²) in [6.07, 6.45) is 9.86. The Morgan fingerprint density at radius 1 is 1.23 bits per heavy atom. The van der Waals surface area contributed by atoms with Gasteiger partial charge in [0.1, 0.15) is 6.33 Å². The van der Waals surface area contributed by atoms with Gasteiger partial charge in [-0.1, -0.05) is 31.4 Å². The first-order chi connectivity index (χ1) is 12.6. The standard InChI is InChI=1S/C19H21N5O2/c25-17(21-12-19(26)7-2-1-3-8-19)15-6-4-5-14(9-15)16-10-20-18-23-22-13-24(18)11-16/h4-6,9-11,13,26H,1-3,7-8,12H2,(H,21,25). The van der Waals surface area contributed by atoms with Crippen LogP contribution in [0, 0.1) is 0 Å². The Morgan fingerprint density at radius 3 is 2.92 bits per heavy atom. The van der Waals surface area contributed by atoms with Gasteiger partial charge in [-0.05, 0) is 30.5 Å².